The summed E-state index contributed by atoms with van der Waals surface area (Å²) in [4.78, 5) is 14.4. The van der Waals surface area contributed by atoms with Crippen LogP contribution in [-0.2, 0) is 4.79 Å². The average molecular weight is 446 g/mol. The maximum Gasteiger partial charge on any atom is 0.233 e. The van der Waals surface area contributed by atoms with Crippen molar-refractivity contribution < 1.29 is 4.79 Å². The zero-order valence-electron chi connectivity index (χ0n) is 15.0. The predicted molar refractivity (Wildman–Crippen MR) is 110 cm³/mol. The Morgan fingerprint density at radius 3 is 2.63 bits per heavy atom. The van der Waals surface area contributed by atoms with Crippen LogP contribution in [0.2, 0.25) is 0 Å². The van der Waals surface area contributed by atoms with E-state index in [0.717, 1.165) is 41.7 Å². The summed E-state index contributed by atoms with van der Waals surface area (Å²) in [5.41, 5.74) is 2.54. The van der Waals surface area contributed by atoms with E-state index >= 15 is 0 Å². The largest absolute Gasteiger partial charge is 0.342 e. The van der Waals surface area contributed by atoms with E-state index in [9.17, 15) is 4.79 Å². The fraction of sp³-hybridized carbons (Fsp3) is 0.368. The van der Waals surface area contributed by atoms with E-state index in [1.807, 2.05) is 41.3 Å². The van der Waals surface area contributed by atoms with Gasteiger partial charge in [0.25, 0.3) is 0 Å². The minimum absolute atomic E-state index is 0.160. The lowest BCUT2D eigenvalue weighted by atomic mass is 9.99. The maximum absolute atomic E-state index is 12.5. The van der Waals surface area contributed by atoms with Gasteiger partial charge in [-0.1, -0.05) is 46.7 Å². The molecule has 0 radical (unpaired) electrons. The molecule has 4 rings (SSSR count). The van der Waals surface area contributed by atoms with Gasteiger partial charge in [-0.15, -0.1) is 10.2 Å². The Labute approximate surface area is 170 Å². The fourth-order valence-electron chi connectivity index (χ4n) is 3.11. The van der Waals surface area contributed by atoms with Gasteiger partial charge in [-0.3, -0.25) is 4.79 Å². The Kier molecular flexibility index (Phi) is 5.45. The van der Waals surface area contributed by atoms with Gasteiger partial charge in [0.15, 0.2) is 5.65 Å². The molecule has 8 heteroatoms. The van der Waals surface area contributed by atoms with Crippen LogP contribution in [0.3, 0.4) is 0 Å². The third-order valence-electron chi connectivity index (χ3n) is 4.84. The number of thioether (sulfide) groups is 1. The molecule has 0 spiro atoms. The second-order valence-corrected chi connectivity index (χ2v) is 8.69. The standard InChI is InChI=1S/C19H20BrN5OS/c1-13-8-10-24(11-9-13)18(26)12-27-19-22-21-17-7-6-16(23-25(17)19)14-2-4-15(20)5-3-14/h2-7,13H,8-12H2,1H3. The molecule has 1 aromatic carbocycles. The molecule has 1 fully saturated rings. The molecule has 6 nitrogen and oxygen atoms in total. The minimum Gasteiger partial charge on any atom is -0.342 e. The Bertz CT molecular complexity index is 950. The molecule has 0 atom stereocenters. The number of carbonyl (C=O) groups is 1. The van der Waals surface area contributed by atoms with Crippen molar-refractivity contribution in [2.24, 2.45) is 5.92 Å². The molecule has 2 aromatic heterocycles. The zero-order chi connectivity index (χ0) is 18.8. The van der Waals surface area contributed by atoms with Crippen LogP contribution in [0.4, 0.5) is 0 Å². The third kappa shape index (κ3) is 4.16. The predicted octanol–water partition coefficient (Wildman–Crippen LogP) is 3.90. The Balaban J connectivity index is 1.49. The Morgan fingerprint density at radius 1 is 1.15 bits per heavy atom. The molecule has 1 aliphatic heterocycles. The molecular formula is C19H20BrN5OS. The van der Waals surface area contributed by atoms with Gasteiger partial charge in [0, 0.05) is 23.1 Å². The van der Waals surface area contributed by atoms with E-state index < -0.39 is 0 Å². The fourth-order valence-corrected chi connectivity index (χ4v) is 4.16. The molecule has 1 amide bonds. The van der Waals surface area contributed by atoms with Crippen LogP contribution in [0.1, 0.15) is 19.8 Å². The number of hydrogen-bond donors (Lipinski definition) is 0. The van der Waals surface area contributed by atoms with Crippen LogP contribution in [0.5, 0.6) is 0 Å². The Morgan fingerprint density at radius 2 is 1.89 bits per heavy atom. The summed E-state index contributed by atoms with van der Waals surface area (Å²) in [5.74, 6) is 1.23. The number of nitrogens with zero attached hydrogens (tertiary/aromatic N) is 5. The molecule has 0 unspecified atom stereocenters. The van der Waals surface area contributed by atoms with Crippen LogP contribution in [0.15, 0.2) is 46.0 Å². The number of likely N-dealkylation sites (tertiary alicyclic amines) is 1. The molecule has 0 bridgehead atoms. The summed E-state index contributed by atoms with van der Waals surface area (Å²) in [6.45, 7) is 3.95. The highest BCUT2D eigenvalue weighted by Gasteiger charge is 2.21. The van der Waals surface area contributed by atoms with E-state index in [-0.39, 0.29) is 5.91 Å². The van der Waals surface area contributed by atoms with Crippen LogP contribution >= 0.6 is 27.7 Å². The van der Waals surface area contributed by atoms with Gasteiger partial charge in [0.2, 0.25) is 11.1 Å². The Hall–Kier alpha value is -1.93. The lowest BCUT2D eigenvalue weighted by Gasteiger charge is -2.30. The van der Waals surface area contributed by atoms with Crippen LogP contribution in [0.25, 0.3) is 16.9 Å². The molecule has 0 saturated carbocycles. The van der Waals surface area contributed by atoms with E-state index in [0.29, 0.717) is 22.5 Å². The van der Waals surface area contributed by atoms with Crippen LogP contribution < -0.4 is 0 Å². The SMILES string of the molecule is CC1CCN(C(=O)CSc2nnc3ccc(-c4ccc(Br)cc4)nn23)CC1. The number of aromatic nitrogens is 4. The normalized spacial score (nSPS) is 15.4. The average Bonchev–Trinajstić information content (AvgIpc) is 3.09. The number of halogens is 1. The van der Waals surface area contributed by atoms with Gasteiger partial charge in [0.1, 0.15) is 0 Å². The number of hydrogen-bond acceptors (Lipinski definition) is 5. The van der Waals surface area contributed by atoms with Gasteiger partial charge in [-0.25, -0.2) is 0 Å². The minimum atomic E-state index is 0.160. The first-order chi connectivity index (χ1) is 13.1. The smallest absolute Gasteiger partial charge is 0.233 e. The second-order valence-electron chi connectivity index (χ2n) is 6.83. The zero-order valence-corrected chi connectivity index (χ0v) is 17.4. The molecule has 1 saturated heterocycles. The highest BCUT2D eigenvalue weighted by Crippen LogP contribution is 2.23. The van der Waals surface area contributed by atoms with Gasteiger partial charge >= 0.3 is 0 Å². The van der Waals surface area contributed by atoms with Crippen molar-refractivity contribution in [2.75, 3.05) is 18.8 Å². The van der Waals surface area contributed by atoms with E-state index in [2.05, 4.69) is 38.1 Å². The molecule has 0 N–H and O–H groups in total. The number of carbonyl (C=O) groups excluding carboxylic acids is 1. The van der Waals surface area contributed by atoms with Crippen molar-refractivity contribution in [2.45, 2.75) is 24.9 Å². The van der Waals surface area contributed by atoms with Crippen molar-refractivity contribution in [1.29, 1.82) is 0 Å². The highest BCUT2D eigenvalue weighted by molar-refractivity contribution is 9.10. The molecule has 27 heavy (non-hydrogen) atoms. The van der Waals surface area contributed by atoms with E-state index in [1.165, 1.54) is 11.8 Å². The van der Waals surface area contributed by atoms with E-state index in [4.69, 9.17) is 0 Å². The van der Waals surface area contributed by atoms with Gasteiger partial charge < -0.3 is 4.90 Å². The molecule has 3 heterocycles. The van der Waals surface area contributed by atoms with Gasteiger partial charge in [0.05, 0.1) is 11.4 Å². The van der Waals surface area contributed by atoms with Crippen molar-refractivity contribution >= 4 is 39.2 Å². The lowest BCUT2D eigenvalue weighted by Crippen LogP contribution is -2.38. The van der Waals surface area contributed by atoms with Gasteiger partial charge in [-0.2, -0.15) is 9.61 Å². The third-order valence-corrected chi connectivity index (χ3v) is 6.27. The lowest BCUT2D eigenvalue weighted by molar-refractivity contribution is -0.129. The maximum atomic E-state index is 12.5. The molecular weight excluding hydrogens is 426 g/mol. The number of fused-ring (bicyclic) bond motifs is 1. The van der Waals surface area contributed by atoms with Crippen LogP contribution in [-0.4, -0.2) is 49.5 Å². The highest BCUT2D eigenvalue weighted by atomic mass is 79.9. The van der Waals surface area contributed by atoms with Crippen molar-refractivity contribution in [3.05, 3.63) is 40.9 Å². The summed E-state index contributed by atoms with van der Waals surface area (Å²) < 4.78 is 2.74. The van der Waals surface area contributed by atoms with Crippen molar-refractivity contribution in [1.82, 2.24) is 24.7 Å². The number of amides is 1. The summed E-state index contributed by atoms with van der Waals surface area (Å²) in [7, 11) is 0. The topological polar surface area (TPSA) is 63.4 Å². The monoisotopic (exact) mass is 445 g/mol. The number of rotatable bonds is 4. The first kappa shape index (κ1) is 18.4. The quantitative estimate of drug-likeness (QED) is 0.569. The summed E-state index contributed by atoms with van der Waals surface area (Å²) in [6.07, 6.45) is 2.17. The molecule has 1 aliphatic rings. The molecule has 3 aromatic rings. The van der Waals surface area contributed by atoms with Crippen molar-refractivity contribution in [3.8, 4) is 11.3 Å². The molecule has 140 valence electrons. The summed E-state index contributed by atoms with van der Waals surface area (Å²) in [5, 5.41) is 13.7. The second kappa shape index (κ2) is 7.98. The number of piperidine rings is 1. The summed E-state index contributed by atoms with van der Waals surface area (Å²) in [6, 6.07) is 11.8. The number of benzene rings is 1. The van der Waals surface area contributed by atoms with Gasteiger partial charge in [-0.05, 0) is 43.0 Å². The first-order valence-corrected chi connectivity index (χ1v) is 10.8. The van der Waals surface area contributed by atoms with Crippen molar-refractivity contribution in [3.63, 3.8) is 0 Å². The van der Waals surface area contributed by atoms with E-state index in [1.54, 1.807) is 4.52 Å². The first-order valence-electron chi connectivity index (χ1n) is 8.99. The van der Waals surface area contributed by atoms with Crippen LogP contribution in [0, 0.1) is 5.92 Å². The summed E-state index contributed by atoms with van der Waals surface area (Å²) >= 11 is 4.84. The molecule has 0 aliphatic carbocycles.